The monoisotopic (exact) mass is 373 g/mol. The van der Waals surface area contributed by atoms with E-state index < -0.39 is 15.3 Å². The van der Waals surface area contributed by atoms with Crippen molar-refractivity contribution in [3.63, 3.8) is 0 Å². The zero-order chi connectivity index (χ0) is 19.0. The van der Waals surface area contributed by atoms with E-state index in [1.54, 1.807) is 0 Å². The Morgan fingerprint density at radius 2 is 1.60 bits per heavy atom. The minimum Gasteiger partial charge on any atom is -0.355 e. The lowest BCUT2D eigenvalue weighted by Crippen LogP contribution is -2.51. The summed E-state index contributed by atoms with van der Waals surface area (Å²) in [5, 5.41) is 0. The molecule has 0 aliphatic carbocycles. The molecule has 2 N–H and O–H groups in total. The zero-order valence-corrected chi connectivity index (χ0v) is 17.3. The molecule has 0 heterocycles. The average Bonchev–Trinajstić information content (AvgIpc) is 2.61. The van der Waals surface area contributed by atoms with Crippen LogP contribution in [0.25, 0.3) is 0 Å². The van der Waals surface area contributed by atoms with Crippen LogP contribution in [0.5, 0.6) is 0 Å². The highest BCUT2D eigenvalue weighted by Gasteiger charge is 2.46. The summed E-state index contributed by atoms with van der Waals surface area (Å²) in [6.45, 7) is 9.83. The second kappa shape index (κ2) is 15.5. The lowest BCUT2D eigenvalue weighted by Gasteiger charge is -2.29. The Morgan fingerprint density at radius 3 is 1.96 bits per heavy atom. The second-order valence-corrected chi connectivity index (χ2v) is 7.38. The first-order chi connectivity index (χ1) is 12.1. The van der Waals surface area contributed by atoms with Gasteiger partial charge in [0.15, 0.2) is 6.29 Å². The number of hydrogen-bond acceptors (Lipinski definition) is 6. The van der Waals surface area contributed by atoms with Gasteiger partial charge in [-0.2, -0.15) is 0 Å². The third kappa shape index (κ3) is 11.4. The Balaban J connectivity index is 0.000000676. The van der Waals surface area contributed by atoms with E-state index in [2.05, 4.69) is 19.1 Å². The van der Waals surface area contributed by atoms with Gasteiger partial charge in [0.25, 0.3) is 0 Å². The quantitative estimate of drug-likeness (QED) is 0.448. The number of benzene rings is 1. The Labute approximate surface area is 154 Å². The second-order valence-electron chi connectivity index (χ2n) is 5.16. The maximum Gasteiger partial charge on any atom is 0.681 e. The van der Waals surface area contributed by atoms with Crippen LogP contribution in [-0.4, -0.2) is 48.8 Å². The van der Waals surface area contributed by atoms with Gasteiger partial charge in [-0.3, -0.25) is 0 Å². The fraction of sp³-hybridized carbons (Fsp3) is 0.667. The molecule has 0 bridgehead atoms. The molecular weight excluding hydrogens is 338 g/mol. The molecule has 0 saturated carbocycles. The van der Waals surface area contributed by atoms with Crippen molar-refractivity contribution in [2.24, 2.45) is 5.73 Å². The molecule has 0 aliphatic rings. The van der Waals surface area contributed by atoms with Crippen LogP contribution < -0.4 is 5.73 Å². The summed E-state index contributed by atoms with van der Waals surface area (Å²) < 4.78 is 27.7. The summed E-state index contributed by atoms with van der Waals surface area (Å²) >= 11 is 0. The Bertz CT molecular complexity index is 402. The maximum absolute atomic E-state index is 5.81. The molecule has 0 radical (unpaired) electrons. The molecule has 1 rings (SSSR count). The first-order valence-corrected chi connectivity index (χ1v) is 10.5. The van der Waals surface area contributed by atoms with Crippen LogP contribution in [0.1, 0.15) is 39.2 Å². The van der Waals surface area contributed by atoms with Gasteiger partial charge in [0, 0.05) is 26.9 Å². The smallest absolute Gasteiger partial charge is 0.355 e. The summed E-state index contributed by atoms with van der Waals surface area (Å²) in [5.41, 5.74) is 6.81. The molecule has 0 aromatic heterocycles. The molecule has 0 saturated heterocycles. The van der Waals surface area contributed by atoms with Crippen molar-refractivity contribution < 1.29 is 22.4 Å². The van der Waals surface area contributed by atoms with Gasteiger partial charge in [0.05, 0.1) is 0 Å². The summed E-state index contributed by atoms with van der Waals surface area (Å²) in [6.07, 6.45) is 1.11. The van der Waals surface area contributed by atoms with E-state index in [-0.39, 0.29) is 0 Å². The number of hydrogen-bond donors (Lipinski definition) is 1. The molecule has 1 aromatic rings. The summed E-state index contributed by atoms with van der Waals surface area (Å²) in [4.78, 5) is 0. The lowest BCUT2D eigenvalue weighted by atomic mass is 10.2. The van der Waals surface area contributed by atoms with Gasteiger partial charge in [-0.25, -0.2) is 0 Å². The van der Waals surface area contributed by atoms with Gasteiger partial charge in [-0.1, -0.05) is 35.9 Å². The standard InChI is InChI=1S/C11H27NO5Si.C7H8/c1-5-14-11(9-8-10-12)17-18(13-4,15-6-2)16-7-3;1-7-5-3-2-4-6-7/h11H,5-10,12H2,1-4H3;2-6H,1H3. The van der Waals surface area contributed by atoms with Crippen LogP contribution in [0.3, 0.4) is 0 Å². The van der Waals surface area contributed by atoms with E-state index in [0.29, 0.717) is 32.8 Å². The Kier molecular flexibility index (Phi) is 15.0. The summed E-state index contributed by atoms with van der Waals surface area (Å²) in [6, 6.07) is 10.3. The van der Waals surface area contributed by atoms with Crippen molar-refractivity contribution in [3.05, 3.63) is 35.9 Å². The summed E-state index contributed by atoms with van der Waals surface area (Å²) in [5.74, 6) is 0. The third-order valence-corrected chi connectivity index (χ3v) is 5.44. The largest absolute Gasteiger partial charge is 0.681 e. The van der Waals surface area contributed by atoms with Gasteiger partial charge in [-0.15, -0.1) is 0 Å². The van der Waals surface area contributed by atoms with E-state index in [9.17, 15) is 0 Å². The van der Waals surface area contributed by atoms with Crippen LogP contribution in [0.2, 0.25) is 0 Å². The van der Waals surface area contributed by atoms with Crippen LogP contribution in [0, 0.1) is 6.92 Å². The third-order valence-electron chi connectivity index (χ3n) is 3.10. The van der Waals surface area contributed by atoms with E-state index in [0.717, 1.165) is 6.42 Å². The molecule has 0 aliphatic heterocycles. The lowest BCUT2D eigenvalue weighted by molar-refractivity contribution is -0.146. The van der Waals surface area contributed by atoms with Crippen molar-refractivity contribution in [2.45, 2.75) is 46.8 Å². The minimum atomic E-state index is -3.09. The molecule has 146 valence electrons. The van der Waals surface area contributed by atoms with Gasteiger partial charge in [0.2, 0.25) is 0 Å². The zero-order valence-electron chi connectivity index (χ0n) is 16.3. The molecule has 0 spiro atoms. The van der Waals surface area contributed by atoms with Gasteiger partial charge < -0.3 is 28.2 Å². The summed E-state index contributed by atoms with van der Waals surface area (Å²) in [7, 11) is -1.55. The fourth-order valence-electron chi connectivity index (χ4n) is 1.97. The van der Waals surface area contributed by atoms with Gasteiger partial charge in [0.1, 0.15) is 0 Å². The molecule has 1 aromatic carbocycles. The first kappa shape index (κ1) is 24.2. The van der Waals surface area contributed by atoms with Gasteiger partial charge >= 0.3 is 9.05 Å². The molecule has 1 unspecified atom stereocenters. The van der Waals surface area contributed by atoms with Crippen LogP contribution in [-0.2, 0) is 22.4 Å². The van der Waals surface area contributed by atoms with Crippen molar-refractivity contribution in [2.75, 3.05) is 33.5 Å². The van der Waals surface area contributed by atoms with Crippen molar-refractivity contribution in [3.8, 4) is 0 Å². The number of rotatable bonds is 12. The van der Waals surface area contributed by atoms with E-state index in [4.69, 9.17) is 28.2 Å². The highest BCUT2D eigenvalue weighted by atomic mass is 28.4. The SMILES string of the molecule is CCOC(CCCN)O[Si](OC)(OCC)OCC.Cc1ccccc1. The average molecular weight is 374 g/mol. The van der Waals surface area contributed by atoms with E-state index >= 15 is 0 Å². The Hall–Kier alpha value is -0.803. The highest BCUT2D eigenvalue weighted by molar-refractivity contribution is 6.53. The first-order valence-electron chi connectivity index (χ1n) is 8.91. The molecule has 1 atom stereocenters. The van der Waals surface area contributed by atoms with Crippen LogP contribution >= 0.6 is 0 Å². The predicted molar refractivity (Wildman–Crippen MR) is 102 cm³/mol. The molecule has 0 amide bonds. The molecular formula is C18H35NO5Si. The normalized spacial score (nSPS) is 12.4. The van der Waals surface area contributed by atoms with Crippen LogP contribution in [0.15, 0.2) is 30.3 Å². The molecule has 25 heavy (non-hydrogen) atoms. The Morgan fingerprint density at radius 1 is 1.00 bits per heavy atom. The minimum absolute atomic E-state index is 0.400. The van der Waals surface area contributed by atoms with E-state index in [1.165, 1.54) is 12.7 Å². The highest BCUT2D eigenvalue weighted by Crippen LogP contribution is 2.17. The molecule has 7 heteroatoms. The number of aryl methyl sites for hydroxylation is 1. The van der Waals surface area contributed by atoms with Crippen LogP contribution in [0.4, 0.5) is 0 Å². The van der Waals surface area contributed by atoms with Crippen molar-refractivity contribution in [1.29, 1.82) is 0 Å². The van der Waals surface area contributed by atoms with E-state index in [1.807, 2.05) is 39.0 Å². The maximum atomic E-state index is 5.81. The van der Waals surface area contributed by atoms with Crippen molar-refractivity contribution in [1.82, 2.24) is 0 Å². The molecule has 6 nitrogen and oxygen atoms in total. The van der Waals surface area contributed by atoms with Crippen molar-refractivity contribution >= 4 is 9.05 Å². The van der Waals surface area contributed by atoms with Gasteiger partial charge in [-0.05, 0) is 47.1 Å². The predicted octanol–water partition coefficient (Wildman–Crippen LogP) is 3.25. The number of ether oxygens (including phenoxy) is 1. The fourth-order valence-corrected chi connectivity index (χ4v) is 3.74. The number of nitrogens with two attached hydrogens (primary N) is 1. The molecule has 0 fully saturated rings. The topological polar surface area (TPSA) is 72.2 Å².